The topological polar surface area (TPSA) is 67.9 Å². The second-order valence-electron chi connectivity index (χ2n) is 7.74. The molecule has 7 heteroatoms. The van der Waals surface area contributed by atoms with Crippen LogP contribution in [-0.4, -0.2) is 37.5 Å². The van der Waals surface area contributed by atoms with Crippen molar-refractivity contribution in [3.63, 3.8) is 0 Å². The lowest BCUT2D eigenvalue weighted by molar-refractivity contribution is -0.125. The Morgan fingerprint density at radius 3 is 2.48 bits per heavy atom. The van der Waals surface area contributed by atoms with Crippen LogP contribution >= 0.6 is 11.6 Å². The van der Waals surface area contributed by atoms with E-state index in [1.165, 1.54) is 0 Å². The Labute approximate surface area is 198 Å². The minimum Gasteiger partial charge on any atom is -0.493 e. The Morgan fingerprint density at radius 1 is 1.00 bits per heavy atom. The highest BCUT2D eigenvalue weighted by Gasteiger charge is 2.40. The van der Waals surface area contributed by atoms with Crippen LogP contribution in [-0.2, 0) is 17.8 Å². The zero-order valence-electron chi connectivity index (χ0n) is 18.5. The average molecular weight is 465 g/mol. The lowest BCUT2D eigenvalue weighted by atomic mass is 10.0. The number of nitrogens with zero attached hydrogens (tertiary/aromatic N) is 1. The number of hydrogen-bond donors (Lipinski definition) is 1. The molecule has 0 bridgehead atoms. The molecule has 3 aromatic carbocycles. The van der Waals surface area contributed by atoms with E-state index in [1.807, 2.05) is 54.6 Å². The number of nitrogens with one attached hydrogen (secondary N) is 1. The molecule has 0 saturated heterocycles. The number of hydrogen-bond acceptors (Lipinski definition) is 4. The summed E-state index contributed by atoms with van der Waals surface area (Å²) in [4.78, 5) is 28.0. The van der Waals surface area contributed by atoms with E-state index >= 15 is 0 Å². The van der Waals surface area contributed by atoms with E-state index in [-0.39, 0.29) is 18.4 Å². The van der Waals surface area contributed by atoms with E-state index in [9.17, 15) is 9.59 Å². The molecule has 0 aliphatic carbocycles. The van der Waals surface area contributed by atoms with Crippen LogP contribution in [0.5, 0.6) is 11.5 Å². The van der Waals surface area contributed by atoms with Gasteiger partial charge >= 0.3 is 0 Å². The van der Waals surface area contributed by atoms with Crippen molar-refractivity contribution in [1.82, 2.24) is 10.2 Å². The maximum absolute atomic E-state index is 13.3. The molecular weight excluding hydrogens is 440 g/mol. The standard InChI is InChI=1S/C26H25ClN2O4/c1-32-22-12-11-17(15-23(22)33-2)13-14-28-25(30)24-19-8-4-5-9-20(19)26(31)29(24)16-18-7-3-6-10-21(18)27/h3-12,15,24H,13-14,16H2,1-2H3,(H,28,30)/t24-/m0/s1. The van der Waals surface area contributed by atoms with Crippen molar-refractivity contribution in [3.8, 4) is 11.5 Å². The maximum Gasteiger partial charge on any atom is 0.255 e. The van der Waals surface area contributed by atoms with Crippen LogP contribution in [0.2, 0.25) is 5.02 Å². The number of rotatable bonds is 8. The maximum atomic E-state index is 13.3. The van der Waals surface area contributed by atoms with E-state index in [0.717, 1.165) is 11.1 Å². The van der Waals surface area contributed by atoms with E-state index in [1.54, 1.807) is 31.3 Å². The van der Waals surface area contributed by atoms with Gasteiger partial charge in [-0.2, -0.15) is 0 Å². The zero-order chi connectivity index (χ0) is 23.4. The number of fused-ring (bicyclic) bond motifs is 1. The predicted molar refractivity (Wildman–Crippen MR) is 127 cm³/mol. The number of amides is 2. The second kappa shape index (κ2) is 9.96. The summed E-state index contributed by atoms with van der Waals surface area (Å²) in [6.45, 7) is 0.669. The minimum atomic E-state index is -0.713. The van der Waals surface area contributed by atoms with Gasteiger partial charge in [0.2, 0.25) is 5.91 Å². The van der Waals surface area contributed by atoms with Gasteiger partial charge in [-0.25, -0.2) is 0 Å². The van der Waals surface area contributed by atoms with Crippen LogP contribution in [0.3, 0.4) is 0 Å². The van der Waals surface area contributed by atoms with Gasteiger partial charge in [0.15, 0.2) is 11.5 Å². The highest BCUT2D eigenvalue weighted by atomic mass is 35.5. The monoisotopic (exact) mass is 464 g/mol. The molecule has 0 radical (unpaired) electrons. The van der Waals surface area contributed by atoms with Gasteiger partial charge in [-0.3, -0.25) is 9.59 Å². The summed E-state index contributed by atoms with van der Waals surface area (Å²) in [6, 6.07) is 19.5. The van der Waals surface area contributed by atoms with Crippen LogP contribution in [0.4, 0.5) is 0 Å². The van der Waals surface area contributed by atoms with Crippen molar-refractivity contribution in [2.24, 2.45) is 0 Å². The number of methoxy groups -OCH3 is 2. The van der Waals surface area contributed by atoms with E-state index in [2.05, 4.69) is 5.32 Å². The van der Waals surface area contributed by atoms with Crippen molar-refractivity contribution >= 4 is 23.4 Å². The molecule has 1 aliphatic heterocycles. The summed E-state index contributed by atoms with van der Waals surface area (Å²) < 4.78 is 10.6. The van der Waals surface area contributed by atoms with Gasteiger partial charge in [-0.1, -0.05) is 54.1 Å². The third-order valence-corrected chi connectivity index (χ3v) is 6.13. The van der Waals surface area contributed by atoms with Crippen LogP contribution < -0.4 is 14.8 Å². The molecule has 1 atom stereocenters. The molecular formula is C26H25ClN2O4. The fourth-order valence-corrected chi connectivity index (χ4v) is 4.28. The van der Waals surface area contributed by atoms with Gasteiger partial charge in [0.05, 0.1) is 14.2 Å². The van der Waals surface area contributed by atoms with Crippen molar-refractivity contribution in [1.29, 1.82) is 0 Å². The molecule has 170 valence electrons. The number of halogens is 1. The third kappa shape index (κ3) is 4.66. The van der Waals surface area contributed by atoms with Gasteiger partial charge in [0, 0.05) is 23.7 Å². The number of ether oxygens (including phenoxy) is 2. The second-order valence-corrected chi connectivity index (χ2v) is 8.15. The van der Waals surface area contributed by atoms with Crippen molar-refractivity contribution < 1.29 is 19.1 Å². The van der Waals surface area contributed by atoms with E-state index in [0.29, 0.717) is 40.6 Å². The summed E-state index contributed by atoms with van der Waals surface area (Å²) in [6.07, 6.45) is 0.610. The molecule has 6 nitrogen and oxygen atoms in total. The first-order valence-electron chi connectivity index (χ1n) is 10.7. The molecule has 33 heavy (non-hydrogen) atoms. The van der Waals surface area contributed by atoms with Gasteiger partial charge in [0.1, 0.15) is 6.04 Å². The lowest BCUT2D eigenvalue weighted by Gasteiger charge is -2.25. The summed E-state index contributed by atoms with van der Waals surface area (Å²) in [5.41, 5.74) is 3.05. The first kappa shape index (κ1) is 22.7. The molecule has 3 aromatic rings. The Hall–Kier alpha value is -3.51. The Balaban J connectivity index is 1.50. The molecule has 2 amide bonds. The van der Waals surface area contributed by atoms with Crippen LogP contribution in [0.15, 0.2) is 66.7 Å². The summed E-state index contributed by atoms with van der Waals surface area (Å²) in [5.74, 6) is 0.899. The summed E-state index contributed by atoms with van der Waals surface area (Å²) >= 11 is 6.33. The number of benzene rings is 3. The summed E-state index contributed by atoms with van der Waals surface area (Å²) in [7, 11) is 3.18. The van der Waals surface area contributed by atoms with Gasteiger partial charge in [-0.05, 0) is 47.4 Å². The number of carbonyl (C=O) groups is 2. The Kier molecular flexibility index (Phi) is 6.84. The van der Waals surface area contributed by atoms with Crippen molar-refractivity contribution in [2.75, 3.05) is 20.8 Å². The average Bonchev–Trinajstić information content (AvgIpc) is 3.12. The van der Waals surface area contributed by atoms with Gasteiger partial charge in [-0.15, -0.1) is 0 Å². The van der Waals surface area contributed by atoms with Gasteiger partial charge in [0.25, 0.3) is 5.91 Å². The zero-order valence-corrected chi connectivity index (χ0v) is 19.3. The molecule has 0 spiro atoms. The first-order valence-corrected chi connectivity index (χ1v) is 11.0. The molecule has 0 fully saturated rings. The molecule has 0 aromatic heterocycles. The lowest BCUT2D eigenvalue weighted by Crippen LogP contribution is -2.39. The van der Waals surface area contributed by atoms with Crippen LogP contribution in [0.1, 0.15) is 33.1 Å². The molecule has 1 N–H and O–H groups in total. The molecule has 0 saturated carbocycles. The predicted octanol–water partition coefficient (Wildman–Crippen LogP) is 4.41. The largest absolute Gasteiger partial charge is 0.493 e. The summed E-state index contributed by atoms with van der Waals surface area (Å²) in [5, 5.41) is 3.56. The molecule has 0 unspecified atom stereocenters. The van der Waals surface area contributed by atoms with E-state index in [4.69, 9.17) is 21.1 Å². The number of carbonyl (C=O) groups excluding carboxylic acids is 2. The Bertz CT molecular complexity index is 1180. The van der Waals surface area contributed by atoms with Gasteiger partial charge < -0.3 is 19.7 Å². The fraction of sp³-hybridized carbons (Fsp3) is 0.231. The van der Waals surface area contributed by atoms with Crippen LogP contribution in [0.25, 0.3) is 0 Å². The smallest absolute Gasteiger partial charge is 0.255 e. The van der Waals surface area contributed by atoms with E-state index < -0.39 is 6.04 Å². The molecule has 1 heterocycles. The van der Waals surface area contributed by atoms with Crippen LogP contribution in [0, 0.1) is 0 Å². The molecule has 1 aliphatic rings. The quantitative estimate of drug-likeness (QED) is 0.536. The third-order valence-electron chi connectivity index (χ3n) is 5.77. The van der Waals surface area contributed by atoms with Crippen molar-refractivity contribution in [2.45, 2.75) is 19.0 Å². The fourth-order valence-electron chi connectivity index (χ4n) is 4.09. The SMILES string of the molecule is COc1ccc(CCNC(=O)[C@@H]2c3ccccc3C(=O)N2Cc2ccccc2Cl)cc1OC. The first-order chi connectivity index (χ1) is 16.0. The molecule has 4 rings (SSSR count). The minimum absolute atomic E-state index is 0.175. The highest BCUT2D eigenvalue weighted by Crippen LogP contribution is 2.36. The Morgan fingerprint density at radius 2 is 1.73 bits per heavy atom. The normalized spacial score (nSPS) is 14.7. The highest BCUT2D eigenvalue weighted by molar-refractivity contribution is 6.31. The van der Waals surface area contributed by atoms with Crippen molar-refractivity contribution in [3.05, 3.63) is 94.0 Å².